The standard InChI is InChI=1S/C12H15NO4/c1-16-11(14)13-8-12(15)6-7-17-10-5-3-2-4-9(10)12/h2-5,15H,6-8H2,1H3,(H,13,14)/t12-/m0/s1. The van der Waals surface area contributed by atoms with Crippen molar-refractivity contribution in [3.8, 4) is 5.75 Å². The van der Waals surface area contributed by atoms with Gasteiger partial charge in [0.2, 0.25) is 0 Å². The van der Waals surface area contributed by atoms with Gasteiger partial charge >= 0.3 is 6.09 Å². The second kappa shape index (κ2) is 4.63. The van der Waals surface area contributed by atoms with Crippen molar-refractivity contribution in [3.63, 3.8) is 0 Å². The summed E-state index contributed by atoms with van der Waals surface area (Å²) in [6.07, 6.45) is -0.115. The average Bonchev–Trinajstić information content (AvgIpc) is 2.37. The van der Waals surface area contributed by atoms with Crippen molar-refractivity contribution in [1.82, 2.24) is 5.32 Å². The molecule has 0 aliphatic carbocycles. The molecule has 1 atom stereocenters. The molecule has 2 rings (SSSR count). The summed E-state index contributed by atoms with van der Waals surface area (Å²) in [5.41, 5.74) is -0.397. The van der Waals surface area contributed by atoms with E-state index >= 15 is 0 Å². The van der Waals surface area contributed by atoms with E-state index in [-0.39, 0.29) is 6.54 Å². The highest BCUT2D eigenvalue weighted by Crippen LogP contribution is 2.36. The Labute approximate surface area is 99.3 Å². The van der Waals surface area contributed by atoms with Crippen LogP contribution in [-0.2, 0) is 10.3 Å². The number of ether oxygens (including phenoxy) is 2. The van der Waals surface area contributed by atoms with Gasteiger partial charge in [0.25, 0.3) is 0 Å². The van der Waals surface area contributed by atoms with E-state index in [1.54, 1.807) is 12.1 Å². The van der Waals surface area contributed by atoms with Crippen molar-refractivity contribution >= 4 is 6.09 Å². The highest BCUT2D eigenvalue weighted by atomic mass is 16.5. The average molecular weight is 237 g/mol. The fourth-order valence-corrected chi connectivity index (χ4v) is 1.92. The second-order valence-corrected chi connectivity index (χ2v) is 3.97. The summed E-state index contributed by atoms with van der Waals surface area (Å²) in [5, 5.41) is 13.0. The SMILES string of the molecule is COC(=O)NC[C@@]1(O)CCOc2ccccc21. The van der Waals surface area contributed by atoms with Gasteiger partial charge in [-0.05, 0) is 6.07 Å². The molecule has 0 aromatic heterocycles. The van der Waals surface area contributed by atoms with E-state index in [0.717, 1.165) is 0 Å². The summed E-state index contributed by atoms with van der Waals surface area (Å²) < 4.78 is 9.93. The predicted octanol–water partition coefficient (Wildman–Crippen LogP) is 1.01. The molecule has 0 spiro atoms. The molecule has 0 saturated heterocycles. The maximum absolute atomic E-state index is 11.0. The lowest BCUT2D eigenvalue weighted by atomic mass is 9.88. The van der Waals surface area contributed by atoms with E-state index in [2.05, 4.69) is 10.1 Å². The quantitative estimate of drug-likeness (QED) is 0.805. The summed E-state index contributed by atoms with van der Waals surface area (Å²) in [4.78, 5) is 11.0. The Bertz CT molecular complexity index is 421. The molecule has 0 radical (unpaired) electrons. The van der Waals surface area contributed by atoms with Gasteiger partial charge < -0.3 is 19.9 Å². The van der Waals surface area contributed by atoms with E-state index in [1.807, 2.05) is 12.1 Å². The van der Waals surface area contributed by atoms with Crippen molar-refractivity contribution < 1.29 is 19.4 Å². The summed E-state index contributed by atoms with van der Waals surface area (Å²) in [7, 11) is 1.29. The number of amides is 1. The first kappa shape index (κ1) is 11.7. The van der Waals surface area contributed by atoms with Gasteiger partial charge in [-0.2, -0.15) is 0 Å². The number of aliphatic hydroxyl groups is 1. The molecule has 5 heteroatoms. The maximum Gasteiger partial charge on any atom is 0.406 e. The molecule has 1 aliphatic heterocycles. The second-order valence-electron chi connectivity index (χ2n) is 3.97. The van der Waals surface area contributed by atoms with Gasteiger partial charge in [0, 0.05) is 12.0 Å². The van der Waals surface area contributed by atoms with Crippen LogP contribution < -0.4 is 10.1 Å². The number of methoxy groups -OCH3 is 1. The molecule has 1 heterocycles. The molecule has 0 bridgehead atoms. The van der Waals surface area contributed by atoms with Gasteiger partial charge in [0.15, 0.2) is 0 Å². The van der Waals surface area contributed by atoms with Crippen LogP contribution in [0.2, 0.25) is 0 Å². The predicted molar refractivity (Wildman–Crippen MR) is 60.9 cm³/mol. The molecule has 17 heavy (non-hydrogen) atoms. The van der Waals surface area contributed by atoms with Gasteiger partial charge in [-0.3, -0.25) is 0 Å². The summed E-state index contributed by atoms with van der Waals surface area (Å²) in [6.45, 7) is 0.538. The molecule has 1 aliphatic rings. The van der Waals surface area contributed by atoms with E-state index in [0.29, 0.717) is 24.3 Å². The first-order valence-corrected chi connectivity index (χ1v) is 5.42. The minimum atomic E-state index is -1.09. The molecule has 2 N–H and O–H groups in total. The minimum absolute atomic E-state index is 0.111. The molecule has 0 saturated carbocycles. The number of nitrogens with one attached hydrogen (secondary N) is 1. The molecule has 1 amide bonds. The highest BCUT2D eigenvalue weighted by molar-refractivity contribution is 5.67. The van der Waals surface area contributed by atoms with Crippen molar-refractivity contribution in [2.75, 3.05) is 20.3 Å². The van der Waals surface area contributed by atoms with Crippen LogP contribution in [0.5, 0.6) is 5.75 Å². The Balaban J connectivity index is 2.18. The largest absolute Gasteiger partial charge is 0.493 e. The number of hydrogen-bond acceptors (Lipinski definition) is 4. The summed E-state index contributed by atoms with van der Waals surface area (Å²) in [5.74, 6) is 0.660. The lowest BCUT2D eigenvalue weighted by Crippen LogP contribution is -2.43. The van der Waals surface area contributed by atoms with Crippen LogP contribution in [0.25, 0.3) is 0 Å². The first-order chi connectivity index (χ1) is 8.15. The van der Waals surface area contributed by atoms with Crippen LogP contribution in [-0.4, -0.2) is 31.5 Å². The van der Waals surface area contributed by atoms with Crippen LogP contribution in [0.3, 0.4) is 0 Å². The monoisotopic (exact) mass is 237 g/mol. The van der Waals surface area contributed by atoms with Crippen molar-refractivity contribution in [3.05, 3.63) is 29.8 Å². The Kier molecular flexibility index (Phi) is 3.19. The topological polar surface area (TPSA) is 67.8 Å². The number of hydrogen-bond donors (Lipinski definition) is 2. The van der Waals surface area contributed by atoms with E-state index in [4.69, 9.17) is 4.74 Å². The normalized spacial score (nSPS) is 22.2. The Hall–Kier alpha value is -1.75. The van der Waals surface area contributed by atoms with Crippen molar-refractivity contribution in [1.29, 1.82) is 0 Å². The molecular formula is C12H15NO4. The Morgan fingerprint density at radius 1 is 1.59 bits per heavy atom. The smallest absolute Gasteiger partial charge is 0.406 e. The van der Waals surface area contributed by atoms with Crippen LogP contribution in [0, 0.1) is 0 Å². The summed E-state index contributed by atoms with van der Waals surface area (Å²) >= 11 is 0. The van der Waals surface area contributed by atoms with Crippen LogP contribution in [0.4, 0.5) is 4.79 Å². The van der Waals surface area contributed by atoms with Crippen LogP contribution in [0.15, 0.2) is 24.3 Å². The number of rotatable bonds is 2. The molecule has 92 valence electrons. The number of alkyl carbamates (subject to hydrolysis) is 1. The maximum atomic E-state index is 11.0. The van der Waals surface area contributed by atoms with Crippen LogP contribution >= 0.6 is 0 Å². The van der Waals surface area contributed by atoms with Gasteiger partial charge in [0.05, 0.1) is 20.3 Å². The Morgan fingerprint density at radius 2 is 2.35 bits per heavy atom. The first-order valence-electron chi connectivity index (χ1n) is 5.42. The highest BCUT2D eigenvalue weighted by Gasteiger charge is 2.35. The molecule has 1 aromatic rings. The fourth-order valence-electron chi connectivity index (χ4n) is 1.92. The molecule has 5 nitrogen and oxygen atoms in total. The summed E-state index contributed by atoms with van der Waals surface area (Å²) in [6, 6.07) is 7.28. The van der Waals surface area contributed by atoms with Gasteiger partial charge in [-0.25, -0.2) is 4.79 Å². The zero-order valence-electron chi connectivity index (χ0n) is 9.60. The van der Waals surface area contributed by atoms with Crippen molar-refractivity contribution in [2.24, 2.45) is 0 Å². The molecule has 1 aromatic carbocycles. The van der Waals surface area contributed by atoms with E-state index in [1.165, 1.54) is 7.11 Å². The third-order valence-corrected chi connectivity index (χ3v) is 2.87. The van der Waals surface area contributed by atoms with Gasteiger partial charge in [0.1, 0.15) is 11.4 Å². The Morgan fingerprint density at radius 3 is 3.12 bits per heavy atom. The number of carbonyl (C=O) groups is 1. The molecule has 0 unspecified atom stereocenters. The zero-order valence-corrected chi connectivity index (χ0v) is 9.60. The number of benzene rings is 1. The van der Waals surface area contributed by atoms with Crippen molar-refractivity contribution in [2.45, 2.75) is 12.0 Å². The third-order valence-electron chi connectivity index (χ3n) is 2.87. The molecular weight excluding hydrogens is 222 g/mol. The lowest BCUT2D eigenvalue weighted by Gasteiger charge is -2.34. The van der Waals surface area contributed by atoms with E-state index < -0.39 is 11.7 Å². The number of fused-ring (bicyclic) bond motifs is 1. The lowest BCUT2D eigenvalue weighted by molar-refractivity contribution is -0.00186. The minimum Gasteiger partial charge on any atom is -0.493 e. The third kappa shape index (κ3) is 2.34. The zero-order chi connectivity index (χ0) is 12.3. The van der Waals surface area contributed by atoms with E-state index in [9.17, 15) is 9.90 Å². The number of para-hydroxylation sites is 1. The van der Waals surface area contributed by atoms with Gasteiger partial charge in [-0.1, -0.05) is 18.2 Å². The van der Waals surface area contributed by atoms with Crippen LogP contribution in [0.1, 0.15) is 12.0 Å². The fraction of sp³-hybridized carbons (Fsp3) is 0.417. The molecule has 0 fully saturated rings. The number of carbonyl (C=O) groups excluding carboxylic acids is 1. The van der Waals surface area contributed by atoms with Gasteiger partial charge in [-0.15, -0.1) is 0 Å².